The van der Waals surface area contributed by atoms with Crippen molar-refractivity contribution in [3.05, 3.63) is 34.9 Å². The van der Waals surface area contributed by atoms with Gasteiger partial charge in [-0.2, -0.15) is 0 Å². The van der Waals surface area contributed by atoms with Gasteiger partial charge in [-0.3, -0.25) is 0 Å². The molecule has 0 radical (unpaired) electrons. The molecule has 1 unspecified atom stereocenters. The van der Waals surface area contributed by atoms with Crippen molar-refractivity contribution in [2.24, 2.45) is 0 Å². The molecular weight excluding hydrogens is 226 g/mol. The second-order valence-corrected chi connectivity index (χ2v) is 5.24. The Balaban J connectivity index is 2.70. The molecule has 1 nitrogen and oxygen atoms in total. The van der Waals surface area contributed by atoms with Crippen molar-refractivity contribution in [2.75, 3.05) is 6.54 Å². The third-order valence-electron chi connectivity index (χ3n) is 2.37. The van der Waals surface area contributed by atoms with Crippen LogP contribution in [0, 0.1) is 0 Å². The Bertz CT molecular complexity index is 283. The molecule has 1 atom stereocenters. The predicted octanol–water partition coefficient (Wildman–Crippen LogP) is 4.33. The van der Waals surface area contributed by atoms with E-state index >= 15 is 0 Å². The summed E-state index contributed by atoms with van der Waals surface area (Å²) in [5.74, 6) is 0. The highest BCUT2D eigenvalue weighted by Crippen LogP contribution is 2.26. The zero-order valence-electron chi connectivity index (χ0n) is 9.37. The fourth-order valence-electron chi connectivity index (χ4n) is 1.44. The van der Waals surface area contributed by atoms with Crippen molar-refractivity contribution in [3.63, 3.8) is 0 Å². The zero-order chi connectivity index (χ0) is 11.3. The average Bonchev–Trinajstić information content (AvgIpc) is 2.22. The van der Waals surface area contributed by atoms with Crippen LogP contribution in [0.15, 0.2) is 34.9 Å². The number of halogens is 1. The summed E-state index contributed by atoms with van der Waals surface area (Å²) in [6.45, 7) is 9.54. The van der Waals surface area contributed by atoms with Crippen LogP contribution in [0.3, 0.4) is 0 Å². The summed E-state index contributed by atoms with van der Waals surface area (Å²) in [6.07, 6.45) is 6.31. The van der Waals surface area contributed by atoms with E-state index in [1.54, 1.807) is 11.8 Å². The molecule has 0 aliphatic carbocycles. The van der Waals surface area contributed by atoms with Gasteiger partial charge in [0.05, 0.1) is 5.37 Å². The average molecular weight is 244 g/mol. The zero-order valence-corrected chi connectivity index (χ0v) is 10.9. The SMILES string of the molecule is C=C1/C=C\C(Cl)=C/SC(C)N1CCCC. The summed E-state index contributed by atoms with van der Waals surface area (Å²) in [5, 5.41) is 3.18. The van der Waals surface area contributed by atoms with Gasteiger partial charge >= 0.3 is 0 Å². The molecule has 0 N–H and O–H groups in total. The first-order valence-corrected chi connectivity index (χ1v) is 6.62. The van der Waals surface area contributed by atoms with E-state index in [1.807, 2.05) is 17.6 Å². The summed E-state index contributed by atoms with van der Waals surface area (Å²) >= 11 is 7.71. The fraction of sp³-hybridized carbons (Fsp3) is 0.500. The molecule has 0 aromatic heterocycles. The number of unbranched alkanes of at least 4 members (excludes halogenated alkanes) is 1. The van der Waals surface area contributed by atoms with Crippen LogP contribution in [0.2, 0.25) is 0 Å². The van der Waals surface area contributed by atoms with Crippen molar-refractivity contribution < 1.29 is 0 Å². The largest absolute Gasteiger partial charge is 0.360 e. The normalized spacial score (nSPS) is 27.9. The van der Waals surface area contributed by atoms with E-state index in [-0.39, 0.29) is 0 Å². The first-order chi connectivity index (χ1) is 7.15. The van der Waals surface area contributed by atoms with Gasteiger partial charge in [0.15, 0.2) is 0 Å². The first kappa shape index (κ1) is 12.7. The smallest absolute Gasteiger partial charge is 0.0763 e. The minimum Gasteiger partial charge on any atom is -0.360 e. The van der Waals surface area contributed by atoms with Crippen LogP contribution in [0.1, 0.15) is 26.7 Å². The molecule has 3 heteroatoms. The fourth-order valence-corrected chi connectivity index (χ4v) is 2.45. The Morgan fingerprint density at radius 1 is 1.53 bits per heavy atom. The summed E-state index contributed by atoms with van der Waals surface area (Å²) in [4.78, 5) is 2.32. The van der Waals surface area contributed by atoms with Crippen LogP contribution < -0.4 is 0 Å². The number of rotatable bonds is 3. The maximum Gasteiger partial charge on any atom is 0.0763 e. The lowest BCUT2D eigenvalue weighted by Gasteiger charge is -2.31. The summed E-state index contributed by atoms with van der Waals surface area (Å²) in [7, 11) is 0. The molecule has 1 aliphatic heterocycles. The Kier molecular flexibility index (Phi) is 5.34. The molecule has 84 valence electrons. The number of nitrogens with zero attached hydrogens (tertiary/aromatic N) is 1. The van der Waals surface area contributed by atoms with Gasteiger partial charge in [-0.15, -0.1) is 11.8 Å². The minimum absolute atomic E-state index is 0.405. The predicted molar refractivity (Wildman–Crippen MR) is 70.9 cm³/mol. The first-order valence-electron chi connectivity index (χ1n) is 5.30. The van der Waals surface area contributed by atoms with E-state index in [0.717, 1.165) is 17.3 Å². The van der Waals surface area contributed by atoms with Crippen molar-refractivity contribution in [1.82, 2.24) is 4.90 Å². The Morgan fingerprint density at radius 3 is 2.93 bits per heavy atom. The molecule has 0 saturated heterocycles. The number of hydrogen-bond acceptors (Lipinski definition) is 2. The van der Waals surface area contributed by atoms with Crippen molar-refractivity contribution in [3.8, 4) is 0 Å². The molecule has 0 saturated carbocycles. The third-order valence-corrected chi connectivity index (χ3v) is 3.78. The Morgan fingerprint density at radius 2 is 2.27 bits per heavy atom. The van der Waals surface area contributed by atoms with Crippen molar-refractivity contribution in [2.45, 2.75) is 32.1 Å². The molecule has 1 aliphatic rings. The van der Waals surface area contributed by atoms with E-state index in [1.165, 1.54) is 12.8 Å². The molecule has 0 aromatic carbocycles. The summed E-state index contributed by atoms with van der Waals surface area (Å²) in [5.41, 5.74) is 1.05. The number of hydrogen-bond donors (Lipinski definition) is 0. The molecule has 0 amide bonds. The maximum atomic E-state index is 5.97. The van der Waals surface area contributed by atoms with E-state index in [4.69, 9.17) is 11.6 Å². The van der Waals surface area contributed by atoms with E-state index in [9.17, 15) is 0 Å². The molecule has 1 heterocycles. The highest BCUT2D eigenvalue weighted by atomic mass is 35.5. The lowest BCUT2D eigenvalue weighted by Crippen LogP contribution is -2.30. The molecule has 1 rings (SSSR count). The van der Waals surface area contributed by atoms with Crippen LogP contribution in [-0.2, 0) is 0 Å². The van der Waals surface area contributed by atoms with Crippen molar-refractivity contribution >= 4 is 23.4 Å². The third kappa shape index (κ3) is 3.96. The van der Waals surface area contributed by atoms with Gasteiger partial charge in [0, 0.05) is 17.3 Å². The number of thioether (sulfide) groups is 1. The van der Waals surface area contributed by atoms with Crippen LogP contribution in [0.4, 0.5) is 0 Å². The topological polar surface area (TPSA) is 3.24 Å². The molecule has 0 fully saturated rings. The quantitative estimate of drug-likeness (QED) is 0.726. The van der Waals surface area contributed by atoms with Crippen LogP contribution in [-0.4, -0.2) is 16.8 Å². The van der Waals surface area contributed by atoms with Crippen molar-refractivity contribution in [1.29, 1.82) is 0 Å². The lowest BCUT2D eigenvalue weighted by molar-refractivity contribution is 0.342. The summed E-state index contributed by atoms with van der Waals surface area (Å²) in [6, 6.07) is 0. The van der Waals surface area contributed by atoms with Crippen LogP contribution in [0.5, 0.6) is 0 Å². The second-order valence-electron chi connectivity index (χ2n) is 3.61. The van der Waals surface area contributed by atoms with Crippen LogP contribution in [0.25, 0.3) is 0 Å². The molecular formula is C12H18ClNS. The molecule has 0 spiro atoms. The highest BCUT2D eigenvalue weighted by Gasteiger charge is 2.14. The molecule has 0 aromatic rings. The minimum atomic E-state index is 0.405. The monoisotopic (exact) mass is 243 g/mol. The lowest BCUT2D eigenvalue weighted by atomic mass is 10.2. The Labute approximate surface area is 102 Å². The van der Waals surface area contributed by atoms with Gasteiger partial charge < -0.3 is 4.90 Å². The standard InChI is InChI=1S/C12H18ClNS/c1-4-5-8-14-10(2)6-7-12(13)9-15-11(14)3/h6-7,9,11H,2,4-5,8H2,1,3H3/b7-6-,12-9+. The van der Waals surface area contributed by atoms with E-state index in [0.29, 0.717) is 5.37 Å². The highest BCUT2D eigenvalue weighted by molar-refractivity contribution is 8.02. The molecule has 15 heavy (non-hydrogen) atoms. The van der Waals surface area contributed by atoms with Crippen LogP contribution >= 0.6 is 23.4 Å². The van der Waals surface area contributed by atoms with E-state index < -0.39 is 0 Å². The van der Waals surface area contributed by atoms with Gasteiger partial charge in [-0.05, 0) is 30.9 Å². The van der Waals surface area contributed by atoms with Gasteiger partial charge in [0.25, 0.3) is 0 Å². The van der Waals surface area contributed by atoms with Gasteiger partial charge in [-0.1, -0.05) is 31.5 Å². The Hall–Kier alpha value is -0.340. The summed E-state index contributed by atoms with van der Waals surface area (Å²) < 4.78 is 0. The van der Waals surface area contributed by atoms with Gasteiger partial charge in [-0.25, -0.2) is 0 Å². The second kappa shape index (κ2) is 6.29. The van der Waals surface area contributed by atoms with Gasteiger partial charge in [0.2, 0.25) is 0 Å². The number of allylic oxidation sites excluding steroid dienone is 3. The maximum absolute atomic E-state index is 5.97. The van der Waals surface area contributed by atoms with E-state index in [2.05, 4.69) is 25.3 Å². The van der Waals surface area contributed by atoms with Gasteiger partial charge in [0.1, 0.15) is 0 Å². The molecule has 0 bridgehead atoms.